The highest BCUT2D eigenvalue weighted by atomic mass is 16.3. The number of rotatable bonds is 12. The first-order valence-corrected chi connectivity index (χ1v) is 8.93. The first-order chi connectivity index (χ1) is 10.8. The van der Waals surface area contributed by atoms with Crippen LogP contribution in [-0.2, 0) is 0 Å². The minimum absolute atomic E-state index is 0.337. The van der Waals surface area contributed by atoms with Gasteiger partial charge in [0, 0.05) is 0 Å². The summed E-state index contributed by atoms with van der Waals surface area (Å²) < 4.78 is 0. The van der Waals surface area contributed by atoms with E-state index in [9.17, 15) is 5.11 Å². The second-order valence-corrected chi connectivity index (χ2v) is 5.96. The van der Waals surface area contributed by atoms with E-state index < -0.39 is 0 Å². The van der Waals surface area contributed by atoms with E-state index in [1.807, 2.05) is 12.1 Å². The summed E-state index contributed by atoms with van der Waals surface area (Å²) in [4.78, 5) is 0. The van der Waals surface area contributed by atoms with Gasteiger partial charge >= 0.3 is 0 Å². The lowest BCUT2D eigenvalue weighted by molar-refractivity contribution is 0.475. The van der Waals surface area contributed by atoms with Gasteiger partial charge in [0.15, 0.2) is 0 Å². The number of benzene rings is 1. The third-order valence-electron chi connectivity index (χ3n) is 3.81. The molecular weight excluding hydrogens is 268 g/mol. The Labute approximate surface area is 136 Å². The summed E-state index contributed by atoms with van der Waals surface area (Å²) in [6, 6.07) is 7.39. The molecule has 0 heterocycles. The maximum atomic E-state index is 9.38. The maximum Gasteiger partial charge on any atom is 0.116 e. The molecule has 0 spiro atoms. The van der Waals surface area contributed by atoms with Crippen LogP contribution in [0.15, 0.2) is 42.5 Å². The van der Waals surface area contributed by atoms with E-state index in [2.05, 4.69) is 31.2 Å². The van der Waals surface area contributed by atoms with Crippen molar-refractivity contribution in [3.63, 3.8) is 0 Å². The molecule has 0 atom stereocenters. The molecular formula is C21H32O. The predicted octanol–water partition coefficient (Wildman–Crippen LogP) is 6.88. The molecule has 122 valence electrons. The molecule has 0 aliphatic heterocycles. The summed E-state index contributed by atoms with van der Waals surface area (Å²) in [6.07, 6.45) is 21.9. The lowest BCUT2D eigenvalue weighted by atomic mass is 10.1. The van der Waals surface area contributed by atoms with Gasteiger partial charge in [-0.15, -0.1) is 0 Å². The lowest BCUT2D eigenvalue weighted by Gasteiger charge is -1.97. The number of phenols is 1. The van der Waals surface area contributed by atoms with E-state index in [-0.39, 0.29) is 0 Å². The van der Waals surface area contributed by atoms with Crippen molar-refractivity contribution in [1.29, 1.82) is 0 Å². The van der Waals surface area contributed by atoms with Crippen LogP contribution in [0.2, 0.25) is 0 Å². The molecule has 1 N–H and O–H groups in total. The monoisotopic (exact) mass is 300 g/mol. The van der Waals surface area contributed by atoms with E-state index in [4.69, 9.17) is 0 Å². The number of unbranched alkanes of at least 4 members (excludes halogenated alkanes) is 8. The molecule has 0 fully saturated rings. The zero-order valence-electron chi connectivity index (χ0n) is 14.1. The Bertz CT molecular complexity index is 431. The van der Waals surface area contributed by atoms with E-state index in [1.54, 1.807) is 12.1 Å². The molecule has 1 aromatic carbocycles. The molecule has 1 nitrogen and oxygen atoms in total. The number of phenolic OH excluding ortho intramolecular Hbond substituents is 1. The van der Waals surface area contributed by atoms with Gasteiger partial charge in [-0.1, -0.05) is 69.0 Å². The van der Waals surface area contributed by atoms with Gasteiger partial charge in [-0.3, -0.25) is 0 Å². The van der Waals surface area contributed by atoms with Crippen LogP contribution in [0, 0.1) is 0 Å². The van der Waals surface area contributed by atoms with Crippen molar-refractivity contribution in [3.8, 4) is 5.75 Å². The zero-order chi connectivity index (χ0) is 15.9. The summed E-state index contributed by atoms with van der Waals surface area (Å²) in [5.41, 5.74) is 1.08. The molecule has 0 saturated heterocycles. The Morgan fingerprint density at radius 2 is 1.45 bits per heavy atom. The van der Waals surface area contributed by atoms with Gasteiger partial charge in [0.25, 0.3) is 0 Å². The normalized spacial score (nSPS) is 11.7. The number of hydrogen-bond donors (Lipinski definition) is 1. The molecule has 1 aromatic rings. The zero-order valence-corrected chi connectivity index (χ0v) is 14.1. The third-order valence-corrected chi connectivity index (χ3v) is 3.81. The Morgan fingerprint density at radius 3 is 2.09 bits per heavy atom. The first-order valence-electron chi connectivity index (χ1n) is 8.93. The highest BCUT2D eigenvalue weighted by Gasteiger charge is 1.90. The number of aromatic hydroxyl groups is 1. The van der Waals surface area contributed by atoms with E-state index in [0.717, 1.165) is 12.0 Å². The van der Waals surface area contributed by atoms with Crippen LogP contribution in [0.1, 0.15) is 76.7 Å². The van der Waals surface area contributed by atoms with Crippen molar-refractivity contribution >= 4 is 6.08 Å². The van der Waals surface area contributed by atoms with Crippen LogP contribution in [0.25, 0.3) is 6.08 Å². The van der Waals surface area contributed by atoms with Crippen LogP contribution in [0.4, 0.5) is 0 Å². The lowest BCUT2D eigenvalue weighted by Crippen LogP contribution is -1.77. The van der Waals surface area contributed by atoms with Crippen molar-refractivity contribution < 1.29 is 5.11 Å². The summed E-state index contributed by atoms with van der Waals surface area (Å²) >= 11 is 0. The fourth-order valence-electron chi connectivity index (χ4n) is 2.47. The van der Waals surface area contributed by atoms with Crippen molar-refractivity contribution in [2.75, 3.05) is 0 Å². The van der Waals surface area contributed by atoms with Gasteiger partial charge < -0.3 is 5.11 Å². The smallest absolute Gasteiger partial charge is 0.116 e. The first kappa shape index (κ1) is 18.5. The highest BCUT2D eigenvalue weighted by Crippen LogP contribution is 2.13. The fraction of sp³-hybridized carbons (Fsp3) is 0.524. The summed E-state index contributed by atoms with van der Waals surface area (Å²) in [7, 11) is 0. The van der Waals surface area contributed by atoms with Crippen molar-refractivity contribution in [3.05, 3.63) is 48.1 Å². The van der Waals surface area contributed by atoms with Gasteiger partial charge in [0.05, 0.1) is 0 Å². The minimum atomic E-state index is 0.337. The van der Waals surface area contributed by atoms with E-state index >= 15 is 0 Å². The molecule has 0 amide bonds. The highest BCUT2D eigenvalue weighted by molar-refractivity contribution is 5.51. The van der Waals surface area contributed by atoms with Gasteiger partial charge in [0.2, 0.25) is 0 Å². The molecule has 0 aliphatic carbocycles. The molecule has 22 heavy (non-hydrogen) atoms. The quantitative estimate of drug-likeness (QED) is 0.329. The van der Waals surface area contributed by atoms with Crippen LogP contribution in [0.3, 0.4) is 0 Å². The van der Waals surface area contributed by atoms with Gasteiger partial charge in [-0.25, -0.2) is 0 Å². The Morgan fingerprint density at radius 1 is 0.818 bits per heavy atom. The van der Waals surface area contributed by atoms with Crippen LogP contribution in [0.5, 0.6) is 5.75 Å². The van der Waals surface area contributed by atoms with Crippen LogP contribution in [-0.4, -0.2) is 5.11 Å². The standard InChI is InChI=1S/C21H32O/c1-2-3-4-5-6-7-8-9-10-11-12-13-14-16-20-17-15-18-21(22)19-20/h7-8,14-19,22H,2-6,9-13H2,1H3/b8-7+,16-14+. The van der Waals surface area contributed by atoms with E-state index in [0.29, 0.717) is 5.75 Å². The Balaban J connectivity index is 1.94. The number of allylic oxidation sites excluding steroid dienone is 3. The molecule has 0 aliphatic rings. The fourth-order valence-corrected chi connectivity index (χ4v) is 2.47. The molecule has 1 heteroatoms. The van der Waals surface area contributed by atoms with Crippen molar-refractivity contribution in [2.45, 2.75) is 71.1 Å². The average Bonchev–Trinajstić information content (AvgIpc) is 2.52. The molecule has 0 aromatic heterocycles. The average molecular weight is 300 g/mol. The van der Waals surface area contributed by atoms with Gasteiger partial charge in [-0.2, -0.15) is 0 Å². The summed E-state index contributed by atoms with van der Waals surface area (Å²) in [5, 5.41) is 9.38. The second kappa shape index (κ2) is 13.2. The predicted molar refractivity (Wildman–Crippen MR) is 98.1 cm³/mol. The SMILES string of the molecule is CCCCCC/C=C/CCCCC/C=C/c1cccc(O)c1. The van der Waals surface area contributed by atoms with Crippen LogP contribution >= 0.6 is 0 Å². The molecule has 0 radical (unpaired) electrons. The van der Waals surface area contributed by atoms with Crippen molar-refractivity contribution in [1.82, 2.24) is 0 Å². The Hall–Kier alpha value is -1.50. The van der Waals surface area contributed by atoms with Gasteiger partial charge in [-0.05, 0) is 56.2 Å². The third kappa shape index (κ3) is 10.3. The maximum absolute atomic E-state index is 9.38. The Kier molecular flexibility index (Phi) is 11.1. The topological polar surface area (TPSA) is 20.2 Å². The van der Waals surface area contributed by atoms with Gasteiger partial charge in [0.1, 0.15) is 5.75 Å². The molecule has 1 rings (SSSR count). The van der Waals surface area contributed by atoms with E-state index in [1.165, 1.54) is 57.8 Å². The summed E-state index contributed by atoms with van der Waals surface area (Å²) in [5.74, 6) is 0.337. The van der Waals surface area contributed by atoms with Crippen molar-refractivity contribution in [2.24, 2.45) is 0 Å². The number of hydrogen-bond acceptors (Lipinski definition) is 1. The second-order valence-electron chi connectivity index (χ2n) is 5.96. The summed E-state index contributed by atoms with van der Waals surface area (Å²) in [6.45, 7) is 2.26. The molecule has 0 saturated carbocycles. The van der Waals surface area contributed by atoms with Crippen LogP contribution < -0.4 is 0 Å². The molecule has 0 bridgehead atoms. The minimum Gasteiger partial charge on any atom is -0.508 e. The molecule has 0 unspecified atom stereocenters. The largest absolute Gasteiger partial charge is 0.508 e.